The largest absolute Gasteiger partial charge is 0.346 e. The Labute approximate surface area is 241 Å². The van der Waals surface area contributed by atoms with Crippen LogP contribution in [-0.2, 0) is 13.2 Å². The SMILES string of the molecule is Cc1ccc(C(=O)Nc2ccc(CN3CCN(C)CC3)c(CF)c2)cc1NC(=O)c1cc2cnc3[nH]ccc3c2s1. The molecule has 5 aromatic rings. The summed E-state index contributed by atoms with van der Waals surface area (Å²) in [6.45, 7) is 5.86. The molecule has 10 heteroatoms. The molecule has 3 aromatic heterocycles. The molecule has 0 atom stereocenters. The quantitative estimate of drug-likeness (QED) is 0.230. The van der Waals surface area contributed by atoms with Crippen molar-refractivity contribution in [2.24, 2.45) is 0 Å². The number of alkyl halides is 1. The Morgan fingerprint density at radius 3 is 2.63 bits per heavy atom. The van der Waals surface area contributed by atoms with E-state index in [1.54, 1.807) is 30.5 Å². The highest BCUT2D eigenvalue weighted by molar-refractivity contribution is 7.21. The maximum Gasteiger partial charge on any atom is 0.265 e. The summed E-state index contributed by atoms with van der Waals surface area (Å²) < 4.78 is 14.9. The molecule has 0 radical (unpaired) electrons. The number of H-pyrrole nitrogens is 1. The zero-order valence-corrected chi connectivity index (χ0v) is 23.8. The fourth-order valence-electron chi connectivity index (χ4n) is 5.12. The predicted octanol–water partition coefficient (Wildman–Crippen LogP) is 5.81. The molecule has 3 N–H and O–H groups in total. The average molecular weight is 571 g/mol. The Morgan fingerprint density at radius 1 is 1.00 bits per heavy atom. The Balaban J connectivity index is 1.15. The number of likely N-dealkylation sites (N-methyl/N-ethyl adjacent to an activating group) is 1. The lowest BCUT2D eigenvalue weighted by molar-refractivity contribution is 0.101. The Bertz CT molecular complexity index is 1750. The van der Waals surface area contributed by atoms with E-state index in [4.69, 9.17) is 0 Å². The number of hydrogen-bond donors (Lipinski definition) is 3. The van der Waals surface area contributed by atoms with E-state index in [1.165, 1.54) is 11.3 Å². The average Bonchev–Trinajstić information content (AvgIpc) is 3.63. The van der Waals surface area contributed by atoms with Crippen molar-refractivity contribution in [2.75, 3.05) is 43.9 Å². The van der Waals surface area contributed by atoms with Crippen LogP contribution in [-0.4, -0.2) is 64.8 Å². The normalized spacial score (nSPS) is 14.5. The lowest BCUT2D eigenvalue weighted by atomic mass is 10.1. The first-order valence-electron chi connectivity index (χ1n) is 13.6. The lowest BCUT2D eigenvalue weighted by Crippen LogP contribution is -2.44. The molecule has 4 heterocycles. The number of thiophene rings is 1. The van der Waals surface area contributed by atoms with Crippen molar-refractivity contribution >= 4 is 55.6 Å². The van der Waals surface area contributed by atoms with E-state index >= 15 is 0 Å². The number of hydrogen-bond acceptors (Lipinski definition) is 6. The molecule has 0 bridgehead atoms. The summed E-state index contributed by atoms with van der Waals surface area (Å²) in [5.41, 5.74) is 4.60. The summed E-state index contributed by atoms with van der Waals surface area (Å²) in [6.07, 6.45) is 3.59. The van der Waals surface area contributed by atoms with Crippen LogP contribution in [0.25, 0.3) is 21.1 Å². The molecule has 1 fully saturated rings. The molecular weight excluding hydrogens is 539 g/mol. The van der Waals surface area contributed by atoms with Gasteiger partial charge < -0.3 is 20.5 Å². The number of fused-ring (bicyclic) bond motifs is 3. The zero-order valence-electron chi connectivity index (χ0n) is 23.0. The molecule has 0 unspecified atom stereocenters. The number of nitrogens with zero attached hydrogens (tertiary/aromatic N) is 3. The van der Waals surface area contributed by atoms with Gasteiger partial charge in [-0.1, -0.05) is 12.1 Å². The van der Waals surface area contributed by atoms with Crippen LogP contribution in [0.3, 0.4) is 0 Å². The van der Waals surface area contributed by atoms with Gasteiger partial charge in [-0.15, -0.1) is 11.3 Å². The number of benzene rings is 2. The predicted molar refractivity (Wildman–Crippen MR) is 163 cm³/mol. The van der Waals surface area contributed by atoms with Gasteiger partial charge in [0.1, 0.15) is 12.3 Å². The van der Waals surface area contributed by atoms with Gasteiger partial charge >= 0.3 is 0 Å². The second-order valence-corrected chi connectivity index (χ2v) is 11.6. The highest BCUT2D eigenvalue weighted by Crippen LogP contribution is 2.32. The van der Waals surface area contributed by atoms with Crippen LogP contribution >= 0.6 is 11.3 Å². The summed E-state index contributed by atoms with van der Waals surface area (Å²) in [7, 11) is 2.11. The van der Waals surface area contributed by atoms with Crippen LogP contribution in [0.5, 0.6) is 0 Å². The summed E-state index contributed by atoms with van der Waals surface area (Å²) in [4.78, 5) is 39.0. The third kappa shape index (κ3) is 5.72. The molecule has 0 saturated carbocycles. The number of carbonyl (C=O) groups excluding carboxylic acids is 2. The topological polar surface area (TPSA) is 93.4 Å². The van der Waals surface area contributed by atoms with E-state index in [2.05, 4.69) is 37.4 Å². The molecule has 1 aliphatic heterocycles. The van der Waals surface area contributed by atoms with Crippen LogP contribution in [0.4, 0.5) is 15.8 Å². The fourth-order valence-corrected chi connectivity index (χ4v) is 6.18. The van der Waals surface area contributed by atoms with Crippen molar-refractivity contribution in [1.82, 2.24) is 19.8 Å². The second kappa shape index (κ2) is 11.4. The highest BCUT2D eigenvalue weighted by Gasteiger charge is 2.18. The van der Waals surface area contributed by atoms with Crippen LogP contribution in [0.15, 0.2) is 60.9 Å². The number of pyridine rings is 1. The number of nitrogens with one attached hydrogen (secondary N) is 3. The molecule has 1 saturated heterocycles. The van der Waals surface area contributed by atoms with Crippen LogP contribution in [0.1, 0.15) is 36.7 Å². The fraction of sp³-hybridized carbons (Fsp3) is 0.258. The minimum atomic E-state index is -0.600. The summed E-state index contributed by atoms with van der Waals surface area (Å²) in [6, 6.07) is 14.4. The standard InChI is InChI=1S/C31H31FN6O2S/c1-19-3-4-20(14-26(19)36-31(40)27-15-23-17-34-29-25(7-8-33-29)28(23)41-27)30(39)35-24-6-5-21(22(13-24)16-32)18-38-11-9-37(2)10-12-38/h3-8,13-15,17H,9-12,16,18H2,1-2H3,(H,33,34)(H,35,39)(H,36,40). The number of halogens is 1. The molecule has 1 aliphatic rings. The van der Waals surface area contributed by atoms with Crippen LogP contribution in [0.2, 0.25) is 0 Å². The van der Waals surface area contributed by atoms with E-state index in [0.29, 0.717) is 33.9 Å². The molecule has 0 aliphatic carbocycles. The van der Waals surface area contributed by atoms with Gasteiger partial charge in [0, 0.05) is 77.5 Å². The van der Waals surface area contributed by atoms with Gasteiger partial charge in [-0.25, -0.2) is 9.37 Å². The van der Waals surface area contributed by atoms with Gasteiger partial charge in [-0.3, -0.25) is 14.5 Å². The first kappa shape index (κ1) is 27.1. The van der Waals surface area contributed by atoms with Gasteiger partial charge in [-0.05, 0) is 67.1 Å². The third-order valence-electron chi connectivity index (χ3n) is 7.63. The van der Waals surface area contributed by atoms with E-state index < -0.39 is 6.67 Å². The molecule has 6 rings (SSSR count). The molecule has 2 amide bonds. The van der Waals surface area contributed by atoms with Crippen LogP contribution < -0.4 is 10.6 Å². The summed E-state index contributed by atoms with van der Waals surface area (Å²) in [5, 5.41) is 7.73. The molecular formula is C31H31FN6O2S. The molecule has 2 aromatic carbocycles. The van der Waals surface area contributed by atoms with E-state index in [1.807, 2.05) is 37.4 Å². The number of piperazine rings is 1. The number of amides is 2. The number of aryl methyl sites for hydroxylation is 1. The van der Waals surface area contributed by atoms with Gasteiger partial charge in [-0.2, -0.15) is 0 Å². The van der Waals surface area contributed by atoms with Crippen molar-refractivity contribution in [2.45, 2.75) is 20.1 Å². The second-order valence-electron chi connectivity index (χ2n) is 10.5. The van der Waals surface area contributed by atoms with Gasteiger partial charge in [0.15, 0.2) is 0 Å². The Morgan fingerprint density at radius 2 is 1.83 bits per heavy atom. The van der Waals surface area contributed by atoms with Crippen molar-refractivity contribution in [3.05, 3.63) is 88.1 Å². The minimum Gasteiger partial charge on any atom is -0.346 e. The zero-order chi connectivity index (χ0) is 28.5. The number of aromatic amines is 1. The van der Waals surface area contributed by atoms with E-state index in [9.17, 15) is 14.0 Å². The Kier molecular flexibility index (Phi) is 7.53. The van der Waals surface area contributed by atoms with Crippen molar-refractivity contribution in [1.29, 1.82) is 0 Å². The van der Waals surface area contributed by atoms with Crippen LogP contribution in [0, 0.1) is 6.92 Å². The minimum absolute atomic E-state index is 0.251. The van der Waals surface area contributed by atoms with Crippen molar-refractivity contribution < 1.29 is 14.0 Å². The molecule has 0 spiro atoms. The molecule has 41 heavy (non-hydrogen) atoms. The van der Waals surface area contributed by atoms with E-state index in [-0.39, 0.29) is 11.8 Å². The summed E-state index contributed by atoms with van der Waals surface area (Å²) >= 11 is 1.41. The number of carbonyl (C=O) groups is 2. The number of rotatable bonds is 7. The van der Waals surface area contributed by atoms with Crippen molar-refractivity contribution in [3.63, 3.8) is 0 Å². The van der Waals surface area contributed by atoms with Crippen molar-refractivity contribution in [3.8, 4) is 0 Å². The van der Waals surface area contributed by atoms with E-state index in [0.717, 1.165) is 58.4 Å². The first-order valence-corrected chi connectivity index (χ1v) is 14.4. The van der Waals surface area contributed by atoms with Gasteiger partial charge in [0.2, 0.25) is 0 Å². The Hall–Kier alpha value is -4.12. The maximum atomic E-state index is 13.9. The smallest absolute Gasteiger partial charge is 0.265 e. The lowest BCUT2D eigenvalue weighted by Gasteiger charge is -2.32. The number of anilines is 2. The third-order valence-corrected chi connectivity index (χ3v) is 8.82. The number of aromatic nitrogens is 2. The summed E-state index contributed by atoms with van der Waals surface area (Å²) in [5.74, 6) is -0.584. The monoisotopic (exact) mass is 570 g/mol. The maximum absolute atomic E-state index is 13.9. The molecule has 210 valence electrons. The highest BCUT2D eigenvalue weighted by atomic mass is 32.1. The first-order chi connectivity index (χ1) is 19.9. The molecule has 8 nitrogen and oxygen atoms in total. The van der Waals surface area contributed by atoms with Gasteiger partial charge in [0.05, 0.1) is 4.88 Å². The van der Waals surface area contributed by atoms with Gasteiger partial charge in [0.25, 0.3) is 11.8 Å².